The van der Waals surface area contributed by atoms with Crippen molar-refractivity contribution in [1.29, 1.82) is 0 Å². The molecule has 0 aromatic heterocycles. The monoisotopic (exact) mass is 408 g/mol. The van der Waals surface area contributed by atoms with E-state index in [-0.39, 0.29) is 0 Å². The molecule has 25 heavy (non-hydrogen) atoms. The Morgan fingerprint density at radius 3 is 1.92 bits per heavy atom. The molecule has 0 saturated carbocycles. The first-order valence-electron chi connectivity index (χ1n) is 6.55. The summed E-state index contributed by atoms with van der Waals surface area (Å²) in [4.78, 5) is 30.6. The van der Waals surface area contributed by atoms with Crippen LogP contribution in [0.3, 0.4) is 0 Å². The van der Waals surface area contributed by atoms with E-state index in [0.29, 0.717) is 11.6 Å². The molecule has 2 rings (SSSR count). The summed E-state index contributed by atoms with van der Waals surface area (Å²) < 4.78 is 0.807. The molecule has 0 fully saturated rings. The van der Waals surface area contributed by atoms with Crippen molar-refractivity contribution in [3.05, 3.63) is 76.3 Å². The van der Waals surface area contributed by atoms with Crippen molar-refractivity contribution in [3.63, 3.8) is 0 Å². The molecule has 2 aromatic rings. The van der Waals surface area contributed by atoms with E-state index in [1.807, 2.05) is 0 Å². The summed E-state index contributed by atoms with van der Waals surface area (Å²) in [6.07, 6.45) is 2.55. The van der Waals surface area contributed by atoms with Gasteiger partial charge in [0.05, 0.1) is 20.8 Å². The third kappa shape index (κ3) is 3.77. The van der Waals surface area contributed by atoms with Crippen molar-refractivity contribution in [1.82, 2.24) is 0 Å². The molecule has 0 saturated heterocycles. The highest BCUT2D eigenvalue weighted by atomic mass is 79.9. The van der Waals surface area contributed by atoms with Crippen LogP contribution in [-0.4, -0.2) is 14.8 Å². The minimum atomic E-state index is -1.00. The molecule has 11 heteroatoms. The Kier molecular flexibility index (Phi) is 5.08. The number of benzene rings is 2. The third-order valence-electron chi connectivity index (χ3n) is 3.22. The Bertz CT molecular complexity index is 911. The number of hydrogen-bond donors (Lipinski definition) is 1. The number of nitro benzene ring substituents is 3. The predicted octanol–water partition coefficient (Wildman–Crippen LogP) is 3.93. The molecule has 0 unspecified atom stereocenters. The van der Waals surface area contributed by atoms with E-state index in [1.54, 1.807) is 24.3 Å². The molecule has 0 atom stereocenters. The van der Waals surface area contributed by atoms with Crippen LogP contribution in [0.1, 0.15) is 11.1 Å². The van der Waals surface area contributed by atoms with Gasteiger partial charge < -0.3 is 5.73 Å². The van der Waals surface area contributed by atoms with E-state index < -0.39 is 43.1 Å². The molecule has 0 aliphatic heterocycles. The molecule has 0 aliphatic rings. The highest BCUT2D eigenvalue weighted by molar-refractivity contribution is 9.10. The lowest BCUT2D eigenvalue weighted by Gasteiger charge is -2.04. The van der Waals surface area contributed by atoms with Gasteiger partial charge in [-0.3, -0.25) is 30.3 Å². The SMILES string of the molecule is Nc1c([N+](=O)[O-])cc([N+](=O)[O-])c(C=Cc2ccc(Br)cc2)c1[N+](=O)[O-]. The number of nitrogens with two attached hydrogens (primary N) is 1. The molecular formula is C14H9BrN4O6. The van der Waals surface area contributed by atoms with Crippen molar-refractivity contribution in [2.45, 2.75) is 0 Å². The summed E-state index contributed by atoms with van der Waals surface area (Å²) in [7, 11) is 0. The zero-order chi connectivity index (χ0) is 18.7. The van der Waals surface area contributed by atoms with Gasteiger partial charge in [-0.1, -0.05) is 34.1 Å². The van der Waals surface area contributed by atoms with E-state index >= 15 is 0 Å². The first-order chi connectivity index (χ1) is 11.7. The Morgan fingerprint density at radius 2 is 1.44 bits per heavy atom. The van der Waals surface area contributed by atoms with E-state index in [0.717, 1.165) is 10.5 Å². The zero-order valence-corrected chi connectivity index (χ0v) is 13.9. The van der Waals surface area contributed by atoms with E-state index in [2.05, 4.69) is 15.9 Å². The lowest BCUT2D eigenvalue weighted by molar-refractivity contribution is -0.402. The van der Waals surface area contributed by atoms with Crippen molar-refractivity contribution in [2.24, 2.45) is 0 Å². The van der Waals surface area contributed by atoms with Gasteiger partial charge in [-0.05, 0) is 23.8 Å². The third-order valence-corrected chi connectivity index (χ3v) is 3.75. The average molecular weight is 409 g/mol. The van der Waals surface area contributed by atoms with Crippen LogP contribution < -0.4 is 5.73 Å². The molecule has 0 heterocycles. The fraction of sp³-hybridized carbons (Fsp3) is 0. The van der Waals surface area contributed by atoms with Gasteiger partial charge in [-0.15, -0.1) is 0 Å². The quantitative estimate of drug-likeness (QED) is 0.339. The summed E-state index contributed by atoms with van der Waals surface area (Å²) in [6, 6.07) is 7.39. The second-order valence-corrected chi connectivity index (χ2v) is 5.66. The smallest absolute Gasteiger partial charge is 0.313 e. The highest BCUT2D eigenvalue weighted by Crippen LogP contribution is 2.41. The second kappa shape index (κ2) is 7.05. The number of nitro groups is 3. The number of nitrogen functional groups attached to an aromatic ring is 1. The summed E-state index contributed by atoms with van der Waals surface area (Å²) in [5.41, 5.74) is 2.41. The maximum Gasteiger partial charge on any atom is 0.313 e. The molecule has 0 radical (unpaired) electrons. The van der Waals surface area contributed by atoms with Crippen LogP contribution in [0.25, 0.3) is 12.2 Å². The molecule has 128 valence electrons. The van der Waals surface area contributed by atoms with E-state index in [1.165, 1.54) is 6.08 Å². The topological polar surface area (TPSA) is 155 Å². The molecule has 0 aliphatic carbocycles. The Hall–Kier alpha value is -3.34. The standard InChI is InChI=1S/C14H9BrN4O6/c15-9-4-1-8(2-5-9)3-6-10-11(17(20)21)7-12(18(22)23)13(16)14(10)19(24)25/h1-7H,16H2. The summed E-state index contributed by atoms with van der Waals surface area (Å²) in [5.74, 6) is 0. The largest absolute Gasteiger partial charge is 0.387 e. The van der Waals surface area contributed by atoms with E-state index in [9.17, 15) is 30.3 Å². The van der Waals surface area contributed by atoms with Crippen LogP contribution in [0.2, 0.25) is 0 Å². The predicted molar refractivity (Wildman–Crippen MR) is 93.9 cm³/mol. The van der Waals surface area contributed by atoms with Gasteiger partial charge >= 0.3 is 11.4 Å². The van der Waals surface area contributed by atoms with Gasteiger partial charge in [-0.25, -0.2) is 0 Å². The molecular weight excluding hydrogens is 400 g/mol. The van der Waals surface area contributed by atoms with Crippen molar-refractivity contribution in [2.75, 3.05) is 5.73 Å². The molecule has 0 spiro atoms. The average Bonchev–Trinajstić information content (AvgIpc) is 2.53. The highest BCUT2D eigenvalue weighted by Gasteiger charge is 2.34. The molecule has 0 amide bonds. The number of rotatable bonds is 5. The van der Waals surface area contributed by atoms with Crippen LogP contribution in [-0.2, 0) is 0 Å². The molecule has 10 nitrogen and oxygen atoms in total. The van der Waals surface area contributed by atoms with Gasteiger partial charge in [0.15, 0.2) is 5.69 Å². The van der Waals surface area contributed by atoms with Crippen LogP contribution in [0.5, 0.6) is 0 Å². The number of halogens is 1. The lowest BCUT2D eigenvalue weighted by Crippen LogP contribution is -2.05. The minimum Gasteiger partial charge on any atom is -0.387 e. The van der Waals surface area contributed by atoms with Gasteiger partial charge in [0.2, 0.25) is 0 Å². The van der Waals surface area contributed by atoms with E-state index in [4.69, 9.17) is 5.73 Å². The van der Waals surface area contributed by atoms with Gasteiger partial charge in [0.1, 0.15) is 5.56 Å². The van der Waals surface area contributed by atoms with Crippen molar-refractivity contribution >= 4 is 50.8 Å². The van der Waals surface area contributed by atoms with Gasteiger partial charge in [0.25, 0.3) is 5.69 Å². The summed E-state index contributed by atoms with van der Waals surface area (Å²) in [6.45, 7) is 0. The molecule has 2 N–H and O–H groups in total. The first kappa shape index (κ1) is 18.0. The molecule has 2 aromatic carbocycles. The lowest BCUT2D eigenvalue weighted by atomic mass is 10.1. The normalized spacial score (nSPS) is 10.8. The number of nitrogens with zero attached hydrogens (tertiary/aromatic N) is 3. The minimum absolute atomic E-state index is 0.416. The van der Waals surface area contributed by atoms with Crippen molar-refractivity contribution < 1.29 is 14.8 Å². The van der Waals surface area contributed by atoms with Gasteiger partial charge in [-0.2, -0.15) is 0 Å². The van der Waals surface area contributed by atoms with Crippen LogP contribution in [0.15, 0.2) is 34.8 Å². The second-order valence-electron chi connectivity index (χ2n) is 4.75. The fourth-order valence-corrected chi connectivity index (χ4v) is 2.35. The fourth-order valence-electron chi connectivity index (χ4n) is 2.09. The van der Waals surface area contributed by atoms with Crippen molar-refractivity contribution in [3.8, 4) is 0 Å². The first-order valence-corrected chi connectivity index (χ1v) is 7.35. The maximum atomic E-state index is 11.3. The Balaban J connectivity index is 2.71. The number of anilines is 1. The summed E-state index contributed by atoms with van der Waals surface area (Å²) in [5, 5.41) is 33.5. The Morgan fingerprint density at radius 1 is 0.880 bits per heavy atom. The zero-order valence-electron chi connectivity index (χ0n) is 12.3. The summed E-state index contributed by atoms with van der Waals surface area (Å²) >= 11 is 3.25. The maximum absolute atomic E-state index is 11.3. The van der Waals surface area contributed by atoms with Gasteiger partial charge in [0, 0.05) is 4.47 Å². The molecule has 0 bridgehead atoms. The number of hydrogen-bond acceptors (Lipinski definition) is 7. The van der Waals surface area contributed by atoms with Crippen LogP contribution >= 0.6 is 15.9 Å². The van der Waals surface area contributed by atoms with Crippen LogP contribution in [0, 0.1) is 30.3 Å². The van der Waals surface area contributed by atoms with Crippen LogP contribution in [0.4, 0.5) is 22.7 Å². The Labute approximate surface area is 148 Å².